The first-order chi connectivity index (χ1) is 11.6. The first-order valence-electron chi connectivity index (χ1n) is 9.25. The molecule has 3 rings (SSSR count). The molecule has 5 nitrogen and oxygen atoms in total. The van der Waals surface area contributed by atoms with E-state index in [0.29, 0.717) is 24.6 Å². The minimum Gasteiger partial charge on any atom is -0.356 e. The zero-order valence-corrected chi connectivity index (χ0v) is 14.9. The first-order valence-corrected chi connectivity index (χ1v) is 9.25. The molecule has 0 aliphatic carbocycles. The molecule has 24 heavy (non-hydrogen) atoms. The van der Waals surface area contributed by atoms with Crippen LogP contribution in [0.4, 0.5) is 0 Å². The van der Waals surface area contributed by atoms with Gasteiger partial charge >= 0.3 is 0 Å². The van der Waals surface area contributed by atoms with Crippen LogP contribution in [-0.2, 0) is 11.2 Å². The van der Waals surface area contributed by atoms with Crippen molar-refractivity contribution in [2.45, 2.75) is 58.4 Å². The molecule has 3 heterocycles. The molecule has 5 heteroatoms. The summed E-state index contributed by atoms with van der Waals surface area (Å²) in [6.45, 7) is 8.26. The van der Waals surface area contributed by atoms with Crippen molar-refractivity contribution in [1.29, 1.82) is 0 Å². The second-order valence-corrected chi connectivity index (χ2v) is 7.28. The van der Waals surface area contributed by atoms with Gasteiger partial charge in [-0.2, -0.15) is 0 Å². The van der Waals surface area contributed by atoms with E-state index >= 15 is 0 Å². The van der Waals surface area contributed by atoms with E-state index in [4.69, 9.17) is 0 Å². The lowest BCUT2D eigenvalue weighted by atomic mass is 10.0. The summed E-state index contributed by atoms with van der Waals surface area (Å²) in [7, 11) is 0. The van der Waals surface area contributed by atoms with Crippen molar-refractivity contribution >= 4 is 12.2 Å². The molecule has 1 aromatic heterocycles. The topological polar surface area (TPSA) is 56.4 Å². The number of rotatable bonds is 6. The summed E-state index contributed by atoms with van der Waals surface area (Å²) in [6, 6.07) is 0.398. The Balaban J connectivity index is 1.58. The van der Waals surface area contributed by atoms with Crippen molar-refractivity contribution in [2.75, 3.05) is 26.2 Å². The summed E-state index contributed by atoms with van der Waals surface area (Å²) >= 11 is 0. The van der Waals surface area contributed by atoms with Crippen molar-refractivity contribution in [2.24, 2.45) is 0 Å². The number of nitrogens with zero attached hydrogens (tertiary/aromatic N) is 2. The van der Waals surface area contributed by atoms with Crippen LogP contribution in [0.1, 0.15) is 59.4 Å². The third kappa shape index (κ3) is 3.56. The van der Waals surface area contributed by atoms with Crippen LogP contribution in [0.3, 0.4) is 0 Å². The van der Waals surface area contributed by atoms with Crippen LogP contribution in [-0.4, -0.2) is 59.2 Å². The van der Waals surface area contributed by atoms with Crippen LogP contribution in [0, 0.1) is 13.8 Å². The maximum absolute atomic E-state index is 12.7. The maximum Gasteiger partial charge on any atom is 0.223 e. The number of aromatic nitrogens is 1. The second kappa shape index (κ2) is 7.51. The normalized spacial score (nSPS) is 21.6. The highest BCUT2D eigenvalue weighted by Crippen LogP contribution is 2.23. The van der Waals surface area contributed by atoms with Gasteiger partial charge in [0, 0.05) is 31.2 Å². The lowest BCUT2D eigenvalue weighted by Crippen LogP contribution is -2.42. The summed E-state index contributed by atoms with van der Waals surface area (Å²) in [5.41, 5.74) is 3.77. The number of H-pyrrole nitrogens is 1. The lowest BCUT2D eigenvalue weighted by Gasteiger charge is -2.28. The number of nitrogens with one attached hydrogen (secondary N) is 1. The Morgan fingerprint density at radius 3 is 2.62 bits per heavy atom. The van der Waals surface area contributed by atoms with Gasteiger partial charge in [0.2, 0.25) is 5.91 Å². The summed E-state index contributed by atoms with van der Waals surface area (Å²) in [5, 5.41) is 0. The fourth-order valence-electron chi connectivity index (χ4n) is 4.30. The third-order valence-corrected chi connectivity index (χ3v) is 5.70. The van der Waals surface area contributed by atoms with Gasteiger partial charge < -0.3 is 14.8 Å². The quantitative estimate of drug-likeness (QED) is 0.815. The Labute approximate surface area is 144 Å². The number of likely N-dealkylation sites (tertiary alicyclic amines) is 2. The Morgan fingerprint density at radius 2 is 1.96 bits per heavy atom. The molecule has 0 radical (unpaired) electrons. The van der Waals surface area contributed by atoms with Crippen molar-refractivity contribution in [3.63, 3.8) is 0 Å². The Hall–Kier alpha value is -1.62. The molecule has 1 N–H and O–H groups in total. The van der Waals surface area contributed by atoms with Gasteiger partial charge in [-0.3, -0.25) is 9.59 Å². The van der Waals surface area contributed by atoms with Crippen LogP contribution in [0.2, 0.25) is 0 Å². The van der Waals surface area contributed by atoms with Gasteiger partial charge in [0.25, 0.3) is 0 Å². The zero-order valence-electron chi connectivity index (χ0n) is 14.9. The highest BCUT2D eigenvalue weighted by molar-refractivity contribution is 5.78. The molecule has 0 spiro atoms. The molecule has 1 amide bonds. The summed E-state index contributed by atoms with van der Waals surface area (Å²) in [5.74, 6) is 0.268. The molecule has 0 aromatic carbocycles. The summed E-state index contributed by atoms with van der Waals surface area (Å²) in [4.78, 5) is 31.5. The van der Waals surface area contributed by atoms with Gasteiger partial charge in [-0.15, -0.1) is 0 Å². The average Bonchev–Trinajstić information content (AvgIpc) is 3.28. The molecular formula is C19H29N3O2. The molecule has 1 aromatic rings. The zero-order chi connectivity index (χ0) is 17.1. The van der Waals surface area contributed by atoms with Gasteiger partial charge in [-0.05, 0) is 70.2 Å². The fraction of sp³-hybridized carbons (Fsp3) is 0.684. The predicted octanol–water partition coefficient (Wildman–Crippen LogP) is 2.46. The number of aromatic amines is 1. The minimum atomic E-state index is 0.268. The monoisotopic (exact) mass is 331 g/mol. The van der Waals surface area contributed by atoms with E-state index in [2.05, 4.69) is 14.8 Å². The highest BCUT2D eigenvalue weighted by atomic mass is 16.2. The Kier molecular flexibility index (Phi) is 5.39. The van der Waals surface area contributed by atoms with Crippen LogP contribution in [0.5, 0.6) is 0 Å². The Bertz CT molecular complexity index is 602. The molecule has 2 saturated heterocycles. The van der Waals surface area contributed by atoms with Crippen LogP contribution in [0.25, 0.3) is 0 Å². The highest BCUT2D eigenvalue weighted by Gasteiger charge is 2.30. The summed E-state index contributed by atoms with van der Waals surface area (Å²) in [6.07, 6.45) is 6.97. The number of amides is 1. The van der Waals surface area contributed by atoms with Gasteiger partial charge in [0.1, 0.15) is 0 Å². The molecule has 1 atom stereocenters. The van der Waals surface area contributed by atoms with Crippen molar-refractivity contribution in [3.8, 4) is 0 Å². The molecular weight excluding hydrogens is 302 g/mol. The maximum atomic E-state index is 12.7. The molecule has 132 valence electrons. The molecule has 0 bridgehead atoms. The molecule has 2 fully saturated rings. The fourth-order valence-corrected chi connectivity index (χ4v) is 4.30. The van der Waals surface area contributed by atoms with Crippen molar-refractivity contribution < 1.29 is 9.59 Å². The van der Waals surface area contributed by atoms with Crippen LogP contribution < -0.4 is 0 Å². The number of hydrogen-bond acceptors (Lipinski definition) is 3. The summed E-state index contributed by atoms with van der Waals surface area (Å²) < 4.78 is 0. The van der Waals surface area contributed by atoms with Gasteiger partial charge in [0.05, 0.1) is 5.69 Å². The largest absolute Gasteiger partial charge is 0.356 e. The van der Waals surface area contributed by atoms with E-state index in [1.54, 1.807) is 0 Å². The third-order valence-electron chi connectivity index (χ3n) is 5.70. The van der Waals surface area contributed by atoms with E-state index < -0.39 is 0 Å². The first kappa shape index (κ1) is 17.2. The molecule has 1 unspecified atom stereocenters. The number of aldehydes is 1. The Morgan fingerprint density at radius 1 is 1.21 bits per heavy atom. The predicted molar refractivity (Wildman–Crippen MR) is 94.4 cm³/mol. The van der Waals surface area contributed by atoms with Crippen molar-refractivity contribution in [1.82, 2.24) is 14.8 Å². The second-order valence-electron chi connectivity index (χ2n) is 7.28. The number of aryl methyl sites for hydroxylation is 1. The minimum absolute atomic E-state index is 0.268. The number of carbonyl (C=O) groups excluding carboxylic acids is 2. The molecule has 2 aliphatic rings. The molecule has 2 aliphatic heterocycles. The van der Waals surface area contributed by atoms with Crippen LogP contribution in [0.15, 0.2) is 0 Å². The van der Waals surface area contributed by atoms with E-state index in [0.717, 1.165) is 49.0 Å². The molecule has 0 saturated carbocycles. The number of carbonyl (C=O) groups is 2. The van der Waals surface area contributed by atoms with E-state index in [1.807, 2.05) is 13.8 Å². The smallest absolute Gasteiger partial charge is 0.223 e. The standard InChI is InChI=1S/C19H29N3O2/c1-14-17(15(2)20-18(14)13-23)7-8-19(24)22-11-5-6-16(22)12-21-9-3-4-10-21/h13,16,20H,3-12H2,1-2H3. The van der Waals surface area contributed by atoms with Crippen molar-refractivity contribution in [3.05, 3.63) is 22.5 Å². The SMILES string of the molecule is Cc1[nH]c(C=O)c(C)c1CCC(=O)N1CCCC1CN1CCCC1. The van der Waals surface area contributed by atoms with E-state index in [-0.39, 0.29) is 5.91 Å². The van der Waals surface area contributed by atoms with Gasteiger partial charge in [-0.1, -0.05) is 0 Å². The van der Waals surface area contributed by atoms with Gasteiger partial charge in [-0.25, -0.2) is 0 Å². The van der Waals surface area contributed by atoms with Gasteiger partial charge in [0.15, 0.2) is 6.29 Å². The number of hydrogen-bond donors (Lipinski definition) is 1. The lowest BCUT2D eigenvalue weighted by molar-refractivity contribution is -0.132. The van der Waals surface area contributed by atoms with E-state index in [1.165, 1.54) is 25.9 Å². The van der Waals surface area contributed by atoms with Crippen LogP contribution >= 0.6 is 0 Å². The average molecular weight is 331 g/mol. The van der Waals surface area contributed by atoms with E-state index in [9.17, 15) is 9.59 Å².